The van der Waals surface area contributed by atoms with Crippen molar-refractivity contribution in [1.82, 2.24) is 4.90 Å². The molecule has 0 bridgehead atoms. The number of alkyl halides is 3. The lowest BCUT2D eigenvalue weighted by molar-refractivity contribution is -0.137. The Kier molecular flexibility index (Phi) is 5.19. The Morgan fingerprint density at radius 3 is 2.57 bits per heavy atom. The number of amides is 1. The van der Waals surface area contributed by atoms with E-state index in [1.165, 1.54) is 17.0 Å². The minimum absolute atomic E-state index is 0.145. The molecule has 7 heteroatoms. The van der Waals surface area contributed by atoms with E-state index in [0.29, 0.717) is 6.54 Å². The van der Waals surface area contributed by atoms with Crippen LogP contribution in [0.25, 0.3) is 0 Å². The highest BCUT2D eigenvalue weighted by Crippen LogP contribution is 2.33. The maximum absolute atomic E-state index is 12.8. The second-order valence-electron chi connectivity index (χ2n) is 4.59. The molecule has 0 spiro atoms. The fraction of sp³-hybridized carbons (Fsp3) is 0.429. The molecule has 1 atom stereocenters. The van der Waals surface area contributed by atoms with Crippen molar-refractivity contribution in [2.24, 2.45) is 0 Å². The van der Waals surface area contributed by atoms with E-state index >= 15 is 0 Å². The molecule has 0 saturated carbocycles. The molecule has 0 fully saturated rings. The Morgan fingerprint density at radius 2 is 2.10 bits per heavy atom. The second-order valence-corrected chi connectivity index (χ2v) is 4.59. The highest BCUT2D eigenvalue weighted by molar-refractivity contribution is 5.84. The molecule has 21 heavy (non-hydrogen) atoms. The molecule has 4 nitrogen and oxygen atoms in total. The molecule has 1 unspecified atom stereocenters. The summed E-state index contributed by atoms with van der Waals surface area (Å²) in [4.78, 5) is 13.3. The molecular weight excluding hydrogens is 283 g/mol. The van der Waals surface area contributed by atoms with Crippen LogP contribution < -0.4 is 5.32 Å². The van der Waals surface area contributed by atoms with Crippen LogP contribution in [-0.4, -0.2) is 30.4 Å². The Hall–Kier alpha value is -2.23. The van der Waals surface area contributed by atoms with Gasteiger partial charge in [-0.3, -0.25) is 4.79 Å². The number of nitrogens with one attached hydrogen (secondary N) is 1. The highest BCUT2D eigenvalue weighted by Gasteiger charge is 2.34. The normalized spacial score (nSPS) is 12.4. The molecule has 1 N–H and O–H groups in total. The summed E-state index contributed by atoms with van der Waals surface area (Å²) in [5, 5.41) is 11.4. The van der Waals surface area contributed by atoms with E-state index in [1.54, 1.807) is 20.9 Å². The summed E-state index contributed by atoms with van der Waals surface area (Å²) in [5.41, 5.74) is -1.32. The van der Waals surface area contributed by atoms with Gasteiger partial charge in [0, 0.05) is 19.3 Å². The van der Waals surface area contributed by atoms with Crippen molar-refractivity contribution in [2.45, 2.75) is 26.1 Å². The van der Waals surface area contributed by atoms with Gasteiger partial charge in [-0.05, 0) is 32.0 Å². The maximum Gasteiger partial charge on any atom is 0.417 e. The van der Waals surface area contributed by atoms with Gasteiger partial charge >= 0.3 is 6.18 Å². The molecular formula is C14H16F3N3O. The largest absolute Gasteiger partial charge is 0.417 e. The third-order valence-corrected chi connectivity index (χ3v) is 3.05. The Morgan fingerprint density at radius 1 is 1.48 bits per heavy atom. The Bertz CT molecular complexity index is 564. The number of carbonyl (C=O) groups excluding carboxylic acids is 1. The lowest BCUT2D eigenvalue weighted by Gasteiger charge is -2.22. The van der Waals surface area contributed by atoms with Crippen molar-refractivity contribution in [1.29, 1.82) is 5.26 Å². The highest BCUT2D eigenvalue weighted by atomic mass is 19.4. The summed E-state index contributed by atoms with van der Waals surface area (Å²) >= 11 is 0. The summed E-state index contributed by atoms with van der Waals surface area (Å²) in [6.07, 6.45) is -4.61. The molecule has 1 aromatic carbocycles. The van der Waals surface area contributed by atoms with E-state index in [-0.39, 0.29) is 11.6 Å². The van der Waals surface area contributed by atoms with Crippen LogP contribution in [0.3, 0.4) is 0 Å². The summed E-state index contributed by atoms with van der Waals surface area (Å²) in [5.74, 6) is -0.226. The monoisotopic (exact) mass is 299 g/mol. The summed E-state index contributed by atoms with van der Waals surface area (Å²) < 4.78 is 38.5. The quantitative estimate of drug-likeness (QED) is 0.930. The van der Waals surface area contributed by atoms with Gasteiger partial charge in [-0.25, -0.2) is 0 Å². The van der Waals surface area contributed by atoms with Gasteiger partial charge in [-0.2, -0.15) is 18.4 Å². The first kappa shape index (κ1) is 16.8. The number of carbonyl (C=O) groups is 1. The summed E-state index contributed by atoms with van der Waals surface area (Å²) in [7, 11) is 1.61. The van der Waals surface area contributed by atoms with E-state index in [4.69, 9.17) is 5.26 Å². The molecule has 1 amide bonds. The zero-order valence-corrected chi connectivity index (χ0v) is 12.0. The number of benzene rings is 1. The molecule has 114 valence electrons. The maximum atomic E-state index is 12.8. The number of anilines is 1. The lowest BCUT2D eigenvalue weighted by atomic mass is 10.1. The fourth-order valence-electron chi connectivity index (χ4n) is 1.76. The molecule has 0 heterocycles. The molecule has 0 aromatic heterocycles. The predicted molar refractivity (Wildman–Crippen MR) is 72.6 cm³/mol. The van der Waals surface area contributed by atoms with Crippen molar-refractivity contribution >= 4 is 11.6 Å². The van der Waals surface area contributed by atoms with Crippen molar-refractivity contribution in [3.05, 3.63) is 29.3 Å². The van der Waals surface area contributed by atoms with E-state index in [0.717, 1.165) is 12.1 Å². The molecule has 1 rings (SSSR count). The van der Waals surface area contributed by atoms with E-state index in [2.05, 4.69) is 5.32 Å². The van der Waals surface area contributed by atoms with Crippen LogP contribution in [0.15, 0.2) is 18.2 Å². The number of rotatable bonds is 4. The number of likely N-dealkylation sites (N-methyl/N-ethyl adjacent to an activating group) is 1. The van der Waals surface area contributed by atoms with Crippen LogP contribution in [0.5, 0.6) is 0 Å². The minimum atomic E-state index is -4.61. The van der Waals surface area contributed by atoms with Gasteiger partial charge < -0.3 is 10.2 Å². The van der Waals surface area contributed by atoms with Gasteiger partial charge in [-0.15, -0.1) is 0 Å². The van der Waals surface area contributed by atoms with Gasteiger partial charge in [0.15, 0.2) is 0 Å². The van der Waals surface area contributed by atoms with Crippen LogP contribution in [0, 0.1) is 11.3 Å². The van der Waals surface area contributed by atoms with Gasteiger partial charge in [0.25, 0.3) is 0 Å². The average molecular weight is 299 g/mol. The zero-order valence-electron chi connectivity index (χ0n) is 12.0. The van der Waals surface area contributed by atoms with E-state index in [9.17, 15) is 18.0 Å². The summed E-state index contributed by atoms with van der Waals surface area (Å²) in [6.45, 7) is 3.88. The first-order valence-corrected chi connectivity index (χ1v) is 6.33. The molecule has 0 aliphatic rings. The lowest BCUT2D eigenvalue weighted by Crippen LogP contribution is -2.38. The molecule has 0 saturated heterocycles. The SMILES string of the molecule is CCN(C)C(=O)C(C)Nc1ccc(C#N)c(C(F)(F)F)c1. The Balaban J connectivity index is 3.01. The van der Waals surface area contributed by atoms with Crippen molar-refractivity contribution in [2.75, 3.05) is 18.9 Å². The zero-order chi connectivity index (χ0) is 16.2. The number of halogens is 3. The minimum Gasteiger partial charge on any atom is -0.374 e. The third kappa shape index (κ3) is 4.12. The number of nitriles is 1. The average Bonchev–Trinajstić information content (AvgIpc) is 2.44. The van der Waals surface area contributed by atoms with Crippen molar-refractivity contribution < 1.29 is 18.0 Å². The second kappa shape index (κ2) is 6.48. The Labute approximate surface area is 121 Å². The third-order valence-electron chi connectivity index (χ3n) is 3.05. The molecule has 0 aliphatic heterocycles. The van der Waals surface area contributed by atoms with Gasteiger partial charge in [0.2, 0.25) is 5.91 Å². The van der Waals surface area contributed by atoms with Gasteiger partial charge in [0.1, 0.15) is 6.04 Å². The fourth-order valence-corrected chi connectivity index (χ4v) is 1.76. The smallest absolute Gasteiger partial charge is 0.374 e. The van der Waals surface area contributed by atoms with Crippen molar-refractivity contribution in [3.8, 4) is 6.07 Å². The van der Waals surface area contributed by atoms with Gasteiger partial charge in [0.05, 0.1) is 17.2 Å². The van der Waals surface area contributed by atoms with Crippen LogP contribution in [-0.2, 0) is 11.0 Å². The first-order valence-electron chi connectivity index (χ1n) is 6.33. The molecule has 1 aromatic rings. The topological polar surface area (TPSA) is 56.1 Å². The van der Waals surface area contributed by atoms with E-state index in [1.807, 2.05) is 0 Å². The van der Waals surface area contributed by atoms with Crippen LogP contribution >= 0.6 is 0 Å². The standard InChI is InChI=1S/C14H16F3N3O/c1-4-20(3)13(21)9(2)19-11-6-5-10(8-18)12(7-11)14(15,16)17/h5-7,9,19H,4H2,1-3H3. The summed E-state index contributed by atoms with van der Waals surface area (Å²) in [6, 6.07) is 4.13. The van der Waals surface area contributed by atoms with Crippen molar-refractivity contribution in [3.63, 3.8) is 0 Å². The van der Waals surface area contributed by atoms with E-state index < -0.39 is 23.3 Å². The molecule has 0 aliphatic carbocycles. The number of hydrogen-bond donors (Lipinski definition) is 1. The predicted octanol–water partition coefficient (Wildman–Crippen LogP) is 2.86. The van der Waals surface area contributed by atoms with Gasteiger partial charge in [-0.1, -0.05) is 0 Å². The van der Waals surface area contributed by atoms with Crippen LogP contribution in [0.1, 0.15) is 25.0 Å². The first-order chi connectivity index (χ1) is 9.70. The van der Waals surface area contributed by atoms with Crippen LogP contribution in [0.4, 0.5) is 18.9 Å². The van der Waals surface area contributed by atoms with Crippen LogP contribution in [0.2, 0.25) is 0 Å². The molecule has 0 radical (unpaired) electrons. The number of nitrogens with zero attached hydrogens (tertiary/aromatic N) is 2. The number of hydrogen-bond acceptors (Lipinski definition) is 3.